The Morgan fingerprint density at radius 1 is 0.391 bits per heavy atom. The van der Waals surface area contributed by atoms with Gasteiger partial charge in [-0.3, -0.25) is 0 Å². The lowest BCUT2D eigenvalue weighted by atomic mass is 9.88. The zero-order valence-corrected chi connectivity index (χ0v) is 45.0. The van der Waals surface area contributed by atoms with Crippen LogP contribution in [-0.2, 0) is 47.4 Å². The summed E-state index contributed by atoms with van der Waals surface area (Å²) < 4.78 is 64.0. The van der Waals surface area contributed by atoms with Crippen molar-refractivity contribution in [3.63, 3.8) is 0 Å². The summed E-state index contributed by atoms with van der Waals surface area (Å²) in [7, 11) is 0. The Kier molecular flexibility index (Phi) is 35.2. The molecule has 1 rings (SSSR count). The molecular weight excluding hydrogens is 809 g/mol. The van der Waals surface area contributed by atoms with Crippen LogP contribution in [0, 0.1) is 65.1 Å². The van der Waals surface area contributed by atoms with Gasteiger partial charge >= 0.3 is 0 Å². The standard InChI is InChI=1S/C54H108O10/c1-18-49(23-40(8)9)61-29-48(44(16)17)27-56-32-52(62-28-46(42(12)13)22-39(6)7)33-60-37-53(63-50(19-2)30-58-35-54-36-59-31-51(20-3)64-54)34-57-26-47(43(14)15)25-55-24-45(41(10)11)21-38(4)5/h38-54H,18-37H2,1-17H3/t45?,46-,47?,48+,49?,50?,51?,52?,53?,54?/m0/s1. The Hall–Kier alpha value is -0.400. The molecule has 10 atom stereocenters. The fourth-order valence-corrected chi connectivity index (χ4v) is 8.05. The number of hydrogen-bond acceptors (Lipinski definition) is 10. The van der Waals surface area contributed by atoms with E-state index in [1.165, 1.54) is 6.42 Å². The van der Waals surface area contributed by atoms with E-state index in [2.05, 4.69) is 118 Å². The molecule has 0 aromatic heterocycles. The predicted molar refractivity (Wildman–Crippen MR) is 264 cm³/mol. The highest BCUT2D eigenvalue weighted by Gasteiger charge is 2.26. The van der Waals surface area contributed by atoms with Gasteiger partial charge in [-0.15, -0.1) is 0 Å². The van der Waals surface area contributed by atoms with Crippen molar-refractivity contribution < 1.29 is 47.4 Å². The van der Waals surface area contributed by atoms with Crippen molar-refractivity contribution in [2.45, 2.75) is 193 Å². The van der Waals surface area contributed by atoms with Crippen molar-refractivity contribution in [2.75, 3.05) is 92.5 Å². The molecule has 1 heterocycles. The highest BCUT2D eigenvalue weighted by molar-refractivity contribution is 4.72. The lowest BCUT2D eigenvalue weighted by Gasteiger charge is -2.30. The van der Waals surface area contributed by atoms with Gasteiger partial charge in [-0.25, -0.2) is 0 Å². The first kappa shape index (κ1) is 61.6. The molecule has 384 valence electrons. The van der Waals surface area contributed by atoms with E-state index >= 15 is 0 Å². The first-order chi connectivity index (χ1) is 30.4. The van der Waals surface area contributed by atoms with Gasteiger partial charge in [0.2, 0.25) is 0 Å². The molecule has 0 saturated carbocycles. The summed E-state index contributed by atoms with van der Waals surface area (Å²) in [4.78, 5) is 0. The molecule has 0 bridgehead atoms. The monoisotopic (exact) mass is 917 g/mol. The van der Waals surface area contributed by atoms with Crippen LogP contribution in [0.1, 0.15) is 156 Å². The summed E-state index contributed by atoms with van der Waals surface area (Å²) in [6, 6.07) is 0. The molecular formula is C54H108O10. The maximum atomic E-state index is 6.76. The minimum absolute atomic E-state index is 0.0634. The molecule has 0 aromatic rings. The fourth-order valence-electron chi connectivity index (χ4n) is 8.05. The Morgan fingerprint density at radius 3 is 1.27 bits per heavy atom. The summed E-state index contributed by atoms with van der Waals surface area (Å²) >= 11 is 0. The lowest BCUT2D eigenvalue weighted by Crippen LogP contribution is -2.40. The van der Waals surface area contributed by atoms with Crippen LogP contribution in [-0.4, -0.2) is 129 Å². The molecule has 1 aliphatic heterocycles. The molecule has 64 heavy (non-hydrogen) atoms. The second kappa shape index (κ2) is 36.6. The molecule has 1 fully saturated rings. The average molecular weight is 917 g/mol. The van der Waals surface area contributed by atoms with E-state index in [4.69, 9.17) is 47.4 Å². The molecule has 0 amide bonds. The van der Waals surface area contributed by atoms with Crippen molar-refractivity contribution in [3.8, 4) is 0 Å². The minimum Gasteiger partial charge on any atom is -0.381 e. The van der Waals surface area contributed by atoms with Gasteiger partial charge in [0.05, 0.1) is 104 Å². The smallest absolute Gasteiger partial charge is 0.105 e. The second-order valence-electron chi connectivity index (χ2n) is 22.0. The van der Waals surface area contributed by atoms with E-state index in [0.717, 1.165) is 38.7 Å². The van der Waals surface area contributed by atoms with Crippen LogP contribution >= 0.6 is 0 Å². The lowest BCUT2D eigenvalue weighted by molar-refractivity contribution is -0.168. The van der Waals surface area contributed by atoms with Crippen molar-refractivity contribution >= 4 is 0 Å². The molecule has 10 nitrogen and oxygen atoms in total. The van der Waals surface area contributed by atoms with E-state index in [1.54, 1.807) is 0 Å². The van der Waals surface area contributed by atoms with Crippen LogP contribution in [0.2, 0.25) is 0 Å². The van der Waals surface area contributed by atoms with Gasteiger partial charge in [0.15, 0.2) is 0 Å². The topological polar surface area (TPSA) is 92.3 Å². The Labute approximate surface area is 396 Å². The summed E-state index contributed by atoms with van der Waals surface area (Å²) in [5.41, 5.74) is 0. The Bertz CT molecular complexity index is 1050. The van der Waals surface area contributed by atoms with E-state index in [1.807, 2.05) is 0 Å². The second-order valence-corrected chi connectivity index (χ2v) is 22.0. The number of rotatable bonds is 41. The number of hydrogen-bond donors (Lipinski definition) is 0. The highest BCUT2D eigenvalue weighted by Crippen LogP contribution is 2.24. The van der Waals surface area contributed by atoms with Crippen molar-refractivity contribution in [1.82, 2.24) is 0 Å². The van der Waals surface area contributed by atoms with Gasteiger partial charge in [-0.2, -0.15) is 0 Å². The molecule has 0 spiro atoms. The van der Waals surface area contributed by atoms with Crippen LogP contribution in [0.25, 0.3) is 0 Å². The zero-order valence-electron chi connectivity index (χ0n) is 45.0. The van der Waals surface area contributed by atoms with Crippen LogP contribution < -0.4 is 0 Å². The maximum absolute atomic E-state index is 6.76. The van der Waals surface area contributed by atoms with Gasteiger partial charge in [0.1, 0.15) is 18.3 Å². The third-order valence-corrected chi connectivity index (χ3v) is 13.0. The first-order valence-electron chi connectivity index (χ1n) is 26.4. The minimum atomic E-state index is -0.289. The summed E-state index contributed by atoms with van der Waals surface area (Å²) in [5.74, 6) is 5.46. The molecule has 0 aliphatic carbocycles. The van der Waals surface area contributed by atoms with Gasteiger partial charge < -0.3 is 47.4 Å². The van der Waals surface area contributed by atoms with E-state index in [0.29, 0.717) is 145 Å². The number of ether oxygens (including phenoxy) is 10. The van der Waals surface area contributed by atoms with Crippen LogP contribution in [0.5, 0.6) is 0 Å². The van der Waals surface area contributed by atoms with Crippen molar-refractivity contribution in [1.29, 1.82) is 0 Å². The normalized spacial score (nSPS) is 20.2. The van der Waals surface area contributed by atoms with Gasteiger partial charge in [-0.05, 0) is 91.8 Å². The summed E-state index contributed by atoms with van der Waals surface area (Å²) in [6.45, 7) is 46.3. The maximum Gasteiger partial charge on any atom is 0.105 e. The summed E-state index contributed by atoms with van der Waals surface area (Å²) in [5, 5.41) is 0. The van der Waals surface area contributed by atoms with E-state index < -0.39 is 0 Å². The van der Waals surface area contributed by atoms with Gasteiger partial charge in [0, 0.05) is 18.4 Å². The van der Waals surface area contributed by atoms with Gasteiger partial charge in [-0.1, -0.05) is 118 Å². The zero-order chi connectivity index (χ0) is 48.0. The van der Waals surface area contributed by atoms with Gasteiger partial charge in [0.25, 0.3) is 0 Å². The van der Waals surface area contributed by atoms with Crippen LogP contribution in [0.3, 0.4) is 0 Å². The molecule has 10 heteroatoms. The van der Waals surface area contributed by atoms with Crippen molar-refractivity contribution in [3.05, 3.63) is 0 Å². The largest absolute Gasteiger partial charge is 0.381 e. The SMILES string of the molecule is CCC(CC(C)C)OC[C@@H](COCC(COCC(COCC(COCC(CC(C)C)C(C)C)C(C)C)OC(CC)COCC1COCC(CC)O1)OC[C@H](CC(C)C)C(C)C)C(C)C. The quantitative estimate of drug-likeness (QED) is 0.0590. The molecule has 0 aromatic carbocycles. The average Bonchev–Trinajstić information content (AvgIpc) is 3.23. The molecule has 1 aliphatic rings. The molecule has 0 N–H and O–H groups in total. The third kappa shape index (κ3) is 29.5. The Balaban J connectivity index is 3.09. The molecule has 8 unspecified atom stereocenters. The predicted octanol–water partition coefficient (Wildman–Crippen LogP) is 11.8. The highest BCUT2D eigenvalue weighted by atomic mass is 16.6. The third-order valence-electron chi connectivity index (χ3n) is 13.0. The molecule has 0 radical (unpaired) electrons. The van der Waals surface area contributed by atoms with Crippen LogP contribution in [0.4, 0.5) is 0 Å². The fraction of sp³-hybridized carbons (Fsp3) is 1.00. The Morgan fingerprint density at radius 2 is 0.781 bits per heavy atom. The summed E-state index contributed by atoms with van der Waals surface area (Å²) in [6.07, 6.45) is 5.87. The first-order valence-corrected chi connectivity index (χ1v) is 26.4. The van der Waals surface area contributed by atoms with E-state index in [9.17, 15) is 0 Å². The van der Waals surface area contributed by atoms with Crippen molar-refractivity contribution in [2.24, 2.45) is 65.1 Å². The van der Waals surface area contributed by atoms with E-state index in [-0.39, 0.29) is 42.5 Å². The van der Waals surface area contributed by atoms with Crippen LogP contribution in [0.15, 0.2) is 0 Å². The molecule has 1 saturated heterocycles.